The van der Waals surface area contributed by atoms with E-state index >= 15 is 0 Å². The van der Waals surface area contributed by atoms with Crippen LogP contribution in [-0.2, 0) is 70.4 Å². The van der Waals surface area contributed by atoms with Gasteiger partial charge >= 0.3 is 49.7 Å². The van der Waals surface area contributed by atoms with E-state index in [4.69, 9.17) is 5.11 Å². The largest absolute Gasteiger partial charge is 3.00 e. The Labute approximate surface area is 546 Å². The first-order chi connectivity index (χ1) is 43.4. The van der Waals surface area contributed by atoms with Crippen molar-refractivity contribution in [1.29, 1.82) is 0 Å². The van der Waals surface area contributed by atoms with Crippen molar-refractivity contribution in [1.82, 2.24) is 56.8 Å². The summed E-state index contributed by atoms with van der Waals surface area (Å²) in [5, 5.41) is 90.4. The molecule has 504 valence electrons. The molecule has 0 bridgehead atoms. The van der Waals surface area contributed by atoms with Crippen LogP contribution in [0.4, 0.5) is 4.79 Å². The van der Waals surface area contributed by atoms with Gasteiger partial charge < -0.3 is 87.3 Å². The van der Waals surface area contributed by atoms with Crippen LogP contribution in [0.2, 0.25) is 0 Å². The number of rotatable bonds is 42. The molecule has 1 aliphatic heterocycles. The fourth-order valence-electron chi connectivity index (χ4n) is 9.77. The molecule has 2 aromatic carbocycles. The molecule has 0 aromatic heterocycles. The molecule has 1 fully saturated rings. The second-order valence-corrected chi connectivity index (χ2v) is 22.1. The first-order valence-corrected chi connectivity index (χ1v) is 30.3. The van der Waals surface area contributed by atoms with E-state index in [9.17, 15) is 93.0 Å². The number of benzene rings is 2. The Kier molecular flexibility index (Phi) is 39.2. The molecular weight excluding hydrogens is 1260 g/mol. The molecule has 1 heterocycles. The Morgan fingerprint density at radius 1 is 0.380 bits per heavy atom. The fourth-order valence-corrected chi connectivity index (χ4v) is 9.77. The van der Waals surface area contributed by atoms with Gasteiger partial charge in [0.25, 0.3) is 0 Å². The van der Waals surface area contributed by atoms with Crippen molar-refractivity contribution in [3.05, 3.63) is 71.8 Å². The van der Waals surface area contributed by atoms with Crippen LogP contribution in [0.15, 0.2) is 60.7 Å². The number of carbonyl (C=O) groups is 13. The van der Waals surface area contributed by atoms with Crippen LogP contribution < -0.4 is 52.5 Å². The quantitative estimate of drug-likeness (QED) is 0.0219. The van der Waals surface area contributed by atoms with Gasteiger partial charge in [-0.15, -0.1) is 0 Å². The number of carboxylic acid groups (broad SMARTS) is 7. The van der Waals surface area contributed by atoms with Gasteiger partial charge in [0.05, 0.1) is 24.5 Å². The summed E-state index contributed by atoms with van der Waals surface area (Å²) in [4.78, 5) is 167. The minimum Gasteiger partial charge on any atom is -0.549 e. The Hall–Kier alpha value is -8.17. The molecule has 5 atom stereocenters. The molecule has 11 N–H and O–H groups in total. The number of hydrogen-bond donors (Lipinski definition) is 11. The van der Waals surface area contributed by atoms with E-state index in [1.807, 2.05) is 0 Å². The summed E-state index contributed by atoms with van der Waals surface area (Å²) in [6.45, 7) is -0.722. The molecule has 32 heteroatoms. The third-order valence-corrected chi connectivity index (χ3v) is 14.7. The van der Waals surface area contributed by atoms with Crippen LogP contribution in [0.1, 0.15) is 101 Å². The van der Waals surface area contributed by atoms with E-state index < -0.39 is 128 Å². The molecule has 0 aliphatic carbocycles. The monoisotopic (exact) mass is 1350 g/mol. The van der Waals surface area contributed by atoms with Gasteiger partial charge in [-0.05, 0) is 68.9 Å². The van der Waals surface area contributed by atoms with Crippen LogP contribution >= 0.6 is 0 Å². The Bertz CT molecular complexity index is 2670. The minimum absolute atomic E-state index is 0. The van der Waals surface area contributed by atoms with E-state index in [2.05, 4.69) is 37.2 Å². The molecule has 1 saturated heterocycles. The molecule has 2 unspecified atom stereocenters. The first kappa shape index (κ1) is 79.9. The van der Waals surface area contributed by atoms with Crippen LogP contribution in [0.25, 0.3) is 0 Å². The van der Waals surface area contributed by atoms with E-state index in [1.54, 1.807) is 65.6 Å². The average Bonchev–Trinajstić information content (AvgIpc) is 2.78. The molecule has 0 radical (unpaired) electrons. The maximum atomic E-state index is 14.4. The standard InChI is InChI=1S/C60H89N11O20.Ga/c72-48(21-9-1-2-10-22-49(73)62-26-14-12-20-44(58(87)88)66-60(91)67-45(59(89)90)23-24-51(75)76)61-25-13-11-19-43(57(85)86)64-56(84)47(36-42-17-7-4-8-18-42)65-55(83)46(35-41-15-5-3-6-16-41)63-50(74)37-68-27-29-69(38-52(77)78)31-33-71(40-54(81)82)34-32-70(30-28-68)39-53(79)80;/h3-8,15-18,43-47H,1-2,9-14,19-40H2,(H,61,72)(H,62,73)(H,63,74)(H,64,84)(H,65,83)(H,75,76)(H,77,78)(H,79,80)(H,81,82)(H,85,86)(H,87,88)(H,89,90)(H2,66,67,91);/q;+3/p-3/t43-,44+,45+,46?,47?;/m1./s1. The van der Waals surface area contributed by atoms with Crippen molar-refractivity contribution in [2.24, 2.45) is 0 Å². The molecule has 0 saturated carbocycles. The second-order valence-electron chi connectivity index (χ2n) is 22.1. The molecule has 3 rings (SSSR count). The number of aliphatic carboxylic acids is 7. The number of carbonyl (C=O) groups excluding carboxylic acids is 9. The third-order valence-electron chi connectivity index (χ3n) is 14.7. The third kappa shape index (κ3) is 36.0. The van der Waals surface area contributed by atoms with Crippen molar-refractivity contribution in [3.8, 4) is 0 Å². The zero-order valence-electron chi connectivity index (χ0n) is 51.6. The summed E-state index contributed by atoms with van der Waals surface area (Å²) in [7, 11) is 0. The summed E-state index contributed by atoms with van der Waals surface area (Å²) in [5.41, 5.74) is 1.26. The molecular formula is C60H86GaN11O20. The van der Waals surface area contributed by atoms with Gasteiger partial charge in [0.1, 0.15) is 30.2 Å². The first-order valence-electron chi connectivity index (χ1n) is 30.3. The van der Waals surface area contributed by atoms with Crippen LogP contribution in [0, 0.1) is 0 Å². The number of hydrogen-bond acceptors (Lipinski definition) is 20. The smallest absolute Gasteiger partial charge is 0.549 e. The van der Waals surface area contributed by atoms with E-state index in [0.29, 0.717) is 56.1 Å². The normalized spacial score (nSPS) is 15.1. The van der Waals surface area contributed by atoms with Crippen LogP contribution in [0.5, 0.6) is 0 Å². The molecule has 2 aromatic rings. The van der Waals surface area contributed by atoms with Gasteiger partial charge in [0.15, 0.2) is 0 Å². The van der Waals surface area contributed by atoms with Crippen molar-refractivity contribution in [2.75, 3.05) is 91.6 Å². The fraction of sp³-hybridized carbons (Fsp3) is 0.583. The average molecular weight is 1350 g/mol. The number of nitrogens with one attached hydrogen (secondary N) is 7. The van der Waals surface area contributed by atoms with Gasteiger partial charge in [-0.1, -0.05) is 73.5 Å². The van der Waals surface area contributed by atoms with Crippen molar-refractivity contribution in [3.63, 3.8) is 0 Å². The summed E-state index contributed by atoms with van der Waals surface area (Å²) < 4.78 is 0. The Morgan fingerprint density at radius 3 is 1.08 bits per heavy atom. The predicted molar refractivity (Wildman–Crippen MR) is 323 cm³/mol. The van der Waals surface area contributed by atoms with Crippen molar-refractivity contribution < 1.29 is 98.1 Å². The number of carboxylic acids is 7. The molecule has 31 nitrogen and oxygen atoms in total. The molecule has 92 heavy (non-hydrogen) atoms. The van der Waals surface area contributed by atoms with E-state index in [1.165, 1.54) is 14.7 Å². The zero-order chi connectivity index (χ0) is 67.1. The van der Waals surface area contributed by atoms with Gasteiger partial charge in [-0.2, -0.15) is 0 Å². The summed E-state index contributed by atoms with van der Waals surface area (Å²) in [5.74, 6) is -12.3. The maximum Gasteiger partial charge on any atom is 3.00 e. The Morgan fingerprint density at radius 2 is 0.717 bits per heavy atom. The number of nitrogens with zero attached hydrogens (tertiary/aromatic N) is 4. The topological polar surface area (TPSA) is 469 Å². The van der Waals surface area contributed by atoms with Gasteiger partial charge in [-0.25, -0.2) is 19.2 Å². The number of urea groups is 1. The second kappa shape index (κ2) is 45.2. The number of unbranched alkanes of at least 4 members (excludes halogenated alkanes) is 5. The molecule has 0 spiro atoms. The Balaban J connectivity index is 0.0000288. The summed E-state index contributed by atoms with van der Waals surface area (Å²) in [6.07, 6.45) is 3.04. The van der Waals surface area contributed by atoms with Crippen LogP contribution in [0.3, 0.4) is 0 Å². The molecule has 7 amide bonds. The maximum absolute atomic E-state index is 14.4. The van der Waals surface area contributed by atoms with Crippen molar-refractivity contribution >= 4 is 97.1 Å². The van der Waals surface area contributed by atoms with E-state index in [-0.39, 0.29) is 149 Å². The van der Waals surface area contributed by atoms with Gasteiger partial charge in [0, 0.05) is 117 Å². The zero-order valence-corrected chi connectivity index (χ0v) is 54.0. The molecule has 1 aliphatic rings. The summed E-state index contributed by atoms with van der Waals surface area (Å²) >= 11 is 0. The van der Waals surface area contributed by atoms with Crippen molar-refractivity contribution in [2.45, 2.75) is 133 Å². The predicted octanol–water partition coefficient (Wildman–Crippen LogP) is -4.91. The number of amides is 7. The van der Waals surface area contributed by atoms with Gasteiger partial charge in [-0.3, -0.25) is 48.4 Å². The van der Waals surface area contributed by atoms with Gasteiger partial charge in [0.2, 0.25) is 29.5 Å². The summed E-state index contributed by atoms with van der Waals surface area (Å²) in [6, 6.07) is 9.32. The van der Waals surface area contributed by atoms with Crippen LogP contribution in [-0.4, -0.2) is 259 Å². The minimum atomic E-state index is -1.53. The van der Waals surface area contributed by atoms with E-state index in [0.717, 1.165) is 0 Å². The SMILES string of the molecule is O=C([O-])CN1CCN(CC(=O)[O-])CCN(CC(=O)NC(Cc2ccccc2)C(=O)NC(Cc2ccccc2)C(=O)N[C@H](CCCCNC(=O)CCCCCCC(=O)NCCCC[C@H](NC(=O)N[C@@H](CCC(=O)O)C(=O)O)C(=O)O)C(=O)O)CCN(CC(=O)[O-])CC1.[Ga+3].